The first-order chi connectivity index (χ1) is 11.2. The molecule has 120 valence electrons. The average Bonchev–Trinajstić information content (AvgIpc) is 2.58. The lowest BCUT2D eigenvalue weighted by Crippen LogP contribution is -2.35. The van der Waals surface area contributed by atoms with Crippen LogP contribution >= 0.6 is 11.8 Å². The van der Waals surface area contributed by atoms with Crippen LogP contribution in [0.3, 0.4) is 0 Å². The van der Waals surface area contributed by atoms with E-state index in [9.17, 15) is 4.79 Å². The van der Waals surface area contributed by atoms with E-state index in [2.05, 4.69) is 29.2 Å². The van der Waals surface area contributed by atoms with Gasteiger partial charge in [-0.25, -0.2) is 0 Å². The van der Waals surface area contributed by atoms with E-state index in [0.29, 0.717) is 0 Å². The Hall–Kier alpha value is -1.36. The third-order valence-electron chi connectivity index (χ3n) is 4.77. The first-order valence-corrected chi connectivity index (χ1v) is 9.07. The van der Waals surface area contributed by atoms with E-state index in [-0.39, 0.29) is 11.7 Å². The van der Waals surface area contributed by atoms with Crippen LogP contribution in [0.4, 0.5) is 0 Å². The van der Waals surface area contributed by atoms with Gasteiger partial charge in [0.05, 0.1) is 13.2 Å². The fraction of sp³-hybridized carbons (Fsp3) is 0.421. The van der Waals surface area contributed by atoms with Crippen molar-refractivity contribution in [1.29, 1.82) is 0 Å². The SMILES string of the molecule is CC1C=CC2=C(Cc3ccc(CN4CCOCC4)cc3S2)C1=O. The summed E-state index contributed by atoms with van der Waals surface area (Å²) in [5.41, 5.74) is 3.63. The quantitative estimate of drug-likeness (QED) is 0.834. The molecule has 0 aromatic heterocycles. The van der Waals surface area contributed by atoms with Gasteiger partial charge >= 0.3 is 0 Å². The highest BCUT2D eigenvalue weighted by Gasteiger charge is 2.27. The average molecular weight is 327 g/mol. The maximum atomic E-state index is 12.4. The van der Waals surface area contributed by atoms with E-state index in [4.69, 9.17) is 4.74 Å². The van der Waals surface area contributed by atoms with Crippen molar-refractivity contribution in [3.63, 3.8) is 0 Å². The minimum Gasteiger partial charge on any atom is -0.379 e. The van der Waals surface area contributed by atoms with Gasteiger partial charge in [-0.2, -0.15) is 0 Å². The zero-order valence-corrected chi connectivity index (χ0v) is 14.2. The Balaban J connectivity index is 1.54. The van der Waals surface area contributed by atoms with Crippen LogP contribution in [0.25, 0.3) is 0 Å². The van der Waals surface area contributed by atoms with Crippen molar-refractivity contribution in [2.45, 2.75) is 24.8 Å². The molecule has 0 saturated carbocycles. The first-order valence-electron chi connectivity index (χ1n) is 8.26. The zero-order valence-electron chi connectivity index (χ0n) is 13.4. The molecule has 1 atom stereocenters. The second-order valence-electron chi connectivity index (χ2n) is 6.46. The van der Waals surface area contributed by atoms with Crippen LogP contribution in [-0.2, 0) is 22.5 Å². The number of Topliss-reactive ketones (excluding diaryl/α,β-unsaturated/α-hetero) is 1. The predicted octanol–water partition coefficient (Wildman–Crippen LogP) is 3.20. The molecule has 0 radical (unpaired) electrons. The third-order valence-corrected chi connectivity index (χ3v) is 5.98. The van der Waals surface area contributed by atoms with Gasteiger partial charge in [0.1, 0.15) is 0 Å². The predicted molar refractivity (Wildman–Crippen MR) is 92.4 cm³/mol. The molecular weight excluding hydrogens is 306 g/mol. The Morgan fingerprint density at radius 3 is 2.96 bits per heavy atom. The van der Waals surface area contributed by atoms with Gasteiger partial charge in [0.2, 0.25) is 0 Å². The number of allylic oxidation sites excluding steroid dienone is 3. The van der Waals surface area contributed by atoms with Gasteiger partial charge in [-0.15, -0.1) is 0 Å². The Bertz CT molecular complexity index is 701. The number of morpholine rings is 1. The fourth-order valence-corrected chi connectivity index (χ4v) is 4.51. The van der Waals surface area contributed by atoms with Gasteiger partial charge in [-0.05, 0) is 17.2 Å². The minimum atomic E-state index is 0.0245. The van der Waals surface area contributed by atoms with Crippen LogP contribution in [0.5, 0.6) is 0 Å². The largest absolute Gasteiger partial charge is 0.379 e. The highest BCUT2D eigenvalue weighted by Crippen LogP contribution is 2.42. The molecule has 23 heavy (non-hydrogen) atoms. The highest BCUT2D eigenvalue weighted by atomic mass is 32.2. The van der Waals surface area contributed by atoms with Gasteiger partial charge in [-0.3, -0.25) is 9.69 Å². The molecule has 0 amide bonds. The zero-order chi connectivity index (χ0) is 15.8. The van der Waals surface area contributed by atoms with E-state index in [1.54, 1.807) is 11.8 Å². The highest BCUT2D eigenvalue weighted by molar-refractivity contribution is 8.03. The standard InChI is InChI=1S/C19H21NO2S/c1-13-2-5-17-16(19(13)21)11-15-4-3-14(10-18(15)23-17)12-20-6-8-22-9-7-20/h2-5,10,13H,6-9,11-12H2,1H3. The first kappa shape index (κ1) is 15.2. The van der Waals surface area contributed by atoms with E-state index < -0.39 is 0 Å². The van der Waals surface area contributed by atoms with Gasteiger partial charge in [-0.1, -0.05) is 43.0 Å². The number of nitrogens with zero attached hydrogens (tertiary/aromatic N) is 1. The van der Waals surface area contributed by atoms with E-state index >= 15 is 0 Å². The molecule has 1 fully saturated rings. The summed E-state index contributed by atoms with van der Waals surface area (Å²) in [5.74, 6) is 0.314. The molecule has 3 nitrogen and oxygen atoms in total. The summed E-state index contributed by atoms with van der Waals surface area (Å²) in [6, 6.07) is 6.72. The number of fused-ring (bicyclic) bond motifs is 1. The molecule has 4 heteroatoms. The van der Waals surface area contributed by atoms with Crippen molar-refractivity contribution < 1.29 is 9.53 Å². The summed E-state index contributed by atoms with van der Waals surface area (Å²) in [7, 11) is 0. The number of ether oxygens (including phenoxy) is 1. The number of benzene rings is 1. The molecular formula is C19H21NO2S. The second kappa shape index (κ2) is 6.27. The molecule has 0 N–H and O–H groups in total. The molecule has 1 saturated heterocycles. The number of hydrogen-bond acceptors (Lipinski definition) is 4. The molecule has 4 rings (SSSR count). The van der Waals surface area contributed by atoms with Gasteiger partial charge in [0, 0.05) is 47.3 Å². The lowest BCUT2D eigenvalue weighted by atomic mass is 9.89. The smallest absolute Gasteiger partial charge is 0.166 e. The van der Waals surface area contributed by atoms with Crippen molar-refractivity contribution in [3.05, 3.63) is 52.0 Å². The van der Waals surface area contributed by atoms with Gasteiger partial charge < -0.3 is 4.74 Å². The molecule has 1 unspecified atom stereocenters. The summed E-state index contributed by atoms with van der Waals surface area (Å²) in [6.45, 7) is 6.65. The molecule has 1 aromatic rings. The molecule has 1 aromatic carbocycles. The molecule has 0 spiro atoms. The van der Waals surface area contributed by atoms with Crippen LogP contribution in [0.1, 0.15) is 18.1 Å². The summed E-state index contributed by atoms with van der Waals surface area (Å²) in [5, 5.41) is 0. The van der Waals surface area contributed by atoms with Crippen LogP contribution in [0, 0.1) is 5.92 Å². The number of rotatable bonds is 2. The number of thioether (sulfide) groups is 1. The normalized spacial score (nSPS) is 24.6. The van der Waals surface area contributed by atoms with E-state index in [1.807, 2.05) is 13.0 Å². The lowest BCUT2D eigenvalue weighted by Gasteiger charge is -2.28. The Morgan fingerprint density at radius 2 is 2.13 bits per heavy atom. The molecule has 2 aliphatic heterocycles. The summed E-state index contributed by atoms with van der Waals surface area (Å²) in [4.78, 5) is 17.2. The second-order valence-corrected chi connectivity index (χ2v) is 7.55. The van der Waals surface area contributed by atoms with E-state index in [1.165, 1.54) is 16.0 Å². The maximum Gasteiger partial charge on any atom is 0.166 e. The molecule has 2 heterocycles. The number of carbonyl (C=O) groups excluding carboxylic acids is 1. The summed E-state index contributed by atoms with van der Waals surface area (Å²) >= 11 is 1.75. The third kappa shape index (κ3) is 3.03. The van der Waals surface area contributed by atoms with E-state index in [0.717, 1.165) is 49.7 Å². The molecule has 3 aliphatic rings. The molecule has 1 aliphatic carbocycles. The lowest BCUT2D eigenvalue weighted by molar-refractivity contribution is -0.117. The summed E-state index contributed by atoms with van der Waals surface area (Å²) < 4.78 is 5.41. The topological polar surface area (TPSA) is 29.5 Å². The van der Waals surface area contributed by atoms with Gasteiger partial charge in [0.25, 0.3) is 0 Å². The summed E-state index contributed by atoms with van der Waals surface area (Å²) in [6.07, 6.45) is 4.93. The minimum absolute atomic E-state index is 0.0245. The van der Waals surface area contributed by atoms with Crippen LogP contribution in [0.15, 0.2) is 45.7 Å². The Morgan fingerprint density at radius 1 is 1.30 bits per heavy atom. The Labute approximate surface area is 141 Å². The monoisotopic (exact) mass is 327 g/mol. The fourth-order valence-electron chi connectivity index (χ4n) is 3.35. The van der Waals surface area contributed by atoms with Crippen LogP contribution < -0.4 is 0 Å². The number of carbonyl (C=O) groups is 1. The van der Waals surface area contributed by atoms with Crippen molar-refractivity contribution in [2.75, 3.05) is 26.3 Å². The maximum absolute atomic E-state index is 12.4. The number of hydrogen-bond donors (Lipinski definition) is 0. The van der Waals surface area contributed by atoms with Crippen molar-refractivity contribution >= 4 is 17.5 Å². The van der Waals surface area contributed by atoms with Crippen LogP contribution in [-0.4, -0.2) is 37.0 Å². The Kier molecular flexibility index (Phi) is 4.14. The van der Waals surface area contributed by atoms with Crippen LogP contribution in [0.2, 0.25) is 0 Å². The van der Waals surface area contributed by atoms with Crippen molar-refractivity contribution in [1.82, 2.24) is 4.90 Å². The number of ketones is 1. The van der Waals surface area contributed by atoms with Crippen molar-refractivity contribution in [3.8, 4) is 0 Å². The molecule has 0 bridgehead atoms. The van der Waals surface area contributed by atoms with Crippen molar-refractivity contribution in [2.24, 2.45) is 5.92 Å². The van der Waals surface area contributed by atoms with Gasteiger partial charge in [0.15, 0.2) is 5.78 Å².